The largest absolute Gasteiger partial charge is 0.469 e. The van der Waals surface area contributed by atoms with Gasteiger partial charge in [-0.15, -0.1) is 0 Å². The lowest BCUT2D eigenvalue weighted by Gasteiger charge is -1.95. The Hall–Kier alpha value is 0.400. The van der Waals surface area contributed by atoms with E-state index in [0.717, 1.165) is 0 Å². The summed E-state index contributed by atoms with van der Waals surface area (Å²) in [6, 6.07) is 0. The fraction of sp³-hybridized carbons (Fsp3) is 0.600. The van der Waals surface area contributed by atoms with Crippen LogP contribution in [0.15, 0.2) is 0 Å². The standard InChI is InChI=1S/C5H8O4.I2/c1-8-4(6)3-5(7)9-2;1-2/h3H2,1-2H3;. The van der Waals surface area contributed by atoms with E-state index in [1.807, 2.05) is 0 Å². The third-order valence-electron chi connectivity index (χ3n) is 0.744. The smallest absolute Gasteiger partial charge is 0.316 e. The topological polar surface area (TPSA) is 52.6 Å². The Balaban J connectivity index is 0. The highest BCUT2D eigenvalue weighted by Crippen LogP contribution is 1.89. The Labute approximate surface area is 88.3 Å². The average molecular weight is 386 g/mol. The number of hydrogen-bond acceptors (Lipinski definition) is 4. The zero-order chi connectivity index (χ0) is 9.28. The van der Waals surface area contributed by atoms with Crippen LogP contribution in [0.25, 0.3) is 0 Å². The van der Waals surface area contributed by atoms with Gasteiger partial charge in [0.05, 0.1) is 14.2 Å². The lowest BCUT2D eigenvalue weighted by atomic mass is 10.4. The number of esters is 2. The fourth-order valence-electron chi connectivity index (χ4n) is 0.262. The first kappa shape index (κ1) is 14.0. The summed E-state index contributed by atoms with van der Waals surface area (Å²) in [6.07, 6.45) is -0.312. The van der Waals surface area contributed by atoms with Gasteiger partial charge in [-0.1, -0.05) is 0 Å². The van der Waals surface area contributed by atoms with Crippen molar-refractivity contribution in [1.29, 1.82) is 0 Å². The average Bonchev–Trinajstić information content (AvgIpc) is 2.07. The summed E-state index contributed by atoms with van der Waals surface area (Å²) in [4.78, 5) is 20.5. The van der Waals surface area contributed by atoms with Crippen LogP contribution in [0, 0.1) is 0 Å². The third kappa shape index (κ3) is 10.4. The highest BCUT2D eigenvalue weighted by Gasteiger charge is 2.07. The molecule has 0 saturated heterocycles. The minimum atomic E-state index is -0.582. The number of hydrogen-bond donors (Lipinski definition) is 0. The molecule has 6 heteroatoms. The lowest BCUT2D eigenvalue weighted by Crippen LogP contribution is -2.09. The molecule has 0 heterocycles. The third-order valence-corrected chi connectivity index (χ3v) is 0.744. The molecule has 0 aromatic heterocycles. The number of carbonyl (C=O) groups is 2. The number of rotatable bonds is 2. The van der Waals surface area contributed by atoms with Gasteiger partial charge in [0.2, 0.25) is 0 Å². The molecule has 0 atom stereocenters. The Morgan fingerprint density at radius 3 is 1.55 bits per heavy atom. The van der Waals surface area contributed by atoms with Gasteiger partial charge in [0.15, 0.2) is 0 Å². The zero-order valence-corrected chi connectivity index (χ0v) is 10.4. The van der Waals surface area contributed by atoms with Gasteiger partial charge < -0.3 is 9.47 Å². The molecule has 0 rings (SSSR count). The summed E-state index contributed by atoms with van der Waals surface area (Å²) in [7, 11) is 2.43. The second-order valence-corrected chi connectivity index (χ2v) is 1.33. The molecule has 0 aromatic rings. The molecule has 0 bridgehead atoms. The van der Waals surface area contributed by atoms with Gasteiger partial charge in [0.1, 0.15) is 6.42 Å². The fourth-order valence-corrected chi connectivity index (χ4v) is 0.262. The second kappa shape index (κ2) is 10.4. The summed E-state index contributed by atoms with van der Waals surface area (Å²) in [5.74, 6) is -1.16. The molecule has 0 spiro atoms. The monoisotopic (exact) mass is 386 g/mol. The first-order valence-corrected chi connectivity index (χ1v) is 8.77. The number of ether oxygens (including phenoxy) is 2. The van der Waals surface area contributed by atoms with Crippen molar-refractivity contribution in [2.75, 3.05) is 14.2 Å². The summed E-state index contributed by atoms with van der Waals surface area (Å²) in [5, 5.41) is 0. The van der Waals surface area contributed by atoms with Gasteiger partial charge in [0, 0.05) is 37.2 Å². The minimum Gasteiger partial charge on any atom is -0.469 e. The Morgan fingerprint density at radius 1 is 1.09 bits per heavy atom. The predicted octanol–water partition coefficient (Wildman–Crippen LogP) is 1.49. The Kier molecular flexibility index (Phi) is 13.2. The molecule has 11 heavy (non-hydrogen) atoms. The maximum atomic E-state index is 10.3. The molecule has 0 fully saturated rings. The lowest BCUT2D eigenvalue weighted by molar-refractivity contribution is -0.151. The summed E-state index contributed by atoms with van der Waals surface area (Å²) in [6.45, 7) is 0. The van der Waals surface area contributed by atoms with Crippen molar-refractivity contribution in [2.24, 2.45) is 0 Å². The van der Waals surface area contributed by atoms with E-state index >= 15 is 0 Å². The first-order valence-electron chi connectivity index (χ1n) is 2.48. The van der Waals surface area contributed by atoms with Crippen LogP contribution in [0.5, 0.6) is 0 Å². The quantitative estimate of drug-likeness (QED) is 0.410. The van der Waals surface area contributed by atoms with Crippen molar-refractivity contribution >= 4 is 49.2 Å². The molecule has 4 nitrogen and oxygen atoms in total. The van der Waals surface area contributed by atoms with Crippen LogP contribution in [0.4, 0.5) is 0 Å². The predicted molar refractivity (Wildman–Crippen MR) is 56.7 cm³/mol. The van der Waals surface area contributed by atoms with Crippen molar-refractivity contribution in [1.82, 2.24) is 0 Å². The van der Waals surface area contributed by atoms with E-state index in [-0.39, 0.29) is 6.42 Å². The molecule has 0 aliphatic rings. The van der Waals surface area contributed by atoms with Crippen LogP contribution in [0.3, 0.4) is 0 Å². The second-order valence-electron chi connectivity index (χ2n) is 1.33. The summed E-state index contributed by atoms with van der Waals surface area (Å²) < 4.78 is 8.37. The minimum absolute atomic E-state index is 0.312. The zero-order valence-electron chi connectivity index (χ0n) is 6.10. The van der Waals surface area contributed by atoms with Gasteiger partial charge >= 0.3 is 11.9 Å². The van der Waals surface area contributed by atoms with Gasteiger partial charge in [-0.2, -0.15) is 0 Å². The maximum absolute atomic E-state index is 10.3. The van der Waals surface area contributed by atoms with E-state index in [0.29, 0.717) is 0 Å². The number of carbonyl (C=O) groups excluding carboxylic acids is 2. The van der Waals surface area contributed by atoms with E-state index in [1.165, 1.54) is 14.2 Å². The van der Waals surface area contributed by atoms with Crippen LogP contribution in [0.2, 0.25) is 0 Å². The summed E-state index contributed by atoms with van der Waals surface area (Å²) >= 11 is 4.24. The van der Waals surface area contributed by atoms with Crippen molar-refractivity contribution < 1.29 is 19.1 Å². The molecular formula is C5H8I2O4. The van der Waals surface area contributed by atoms with Gasteiger partial charge in [-0.25, -0.2) is 0 Å². The van der Waals surface area contributed by atoms with Gasteiger partial charge in [-0.3, -0.25) is 9.59 Å². The SMILES string of the molecule is COC(=O)CC(=O)OC.II. The van der Waals surface area contributed by atoms with E-state index in [2.05, 4.69) is 46.7 Å². The van der Waals surface area contributed by atoms with Crippen molar-refractivity contribution in [3.05, 3.63) is 0 Å². The molecule has 0 saturated carbocycles. The molecule has 0 N–H and O–H groups in total. The van der Waals surface area contributed by atoms with Gasteiger partial charge in [-0.05, 0) is 0 Å². The molecule has 0 amide bonds. The van der Waals surface area contributed by atoms with E-state index < -0.39 is 11.9 Å². The Morgan fingerprint density at radius 2 is 1.36 bits per heavy atom. The molecular weight excluding hydrogens is 378 g/mol. The van der Waals surface area contributed by atoms with Crippen LogP contribution >= 0.6 is 37.2 Å². The van der Waals surface area contributed by atoms with E-state index in [9.17, 15) is 9.59 Å². The van der Waals surface area contributed by atoms with Crippen molar-refractivity contribution in [2.45, 2.75) is 6.42 Å². The highest BCUT2D eigenvalue weighted by atomic mass is 128. The number of halogens is 2. The van der Waals surface area contributed by atoms with Gasteiger partial charge in [0.25, 0.3) is 0 Å². The molecule has 0 aliphatic heterocycles. The van der Waals surface area contributed by atoms with Crippen LogP contribution in [0.1, 0.15) is 6.42 Å². The van der Waals surface area contributed by atoms with E-state index in [1.54, 1.807) is 0 Å². The first-order chi connectivity index (χ1) is 5.20. The Bertz CT molecular complexity index is 112. The summed E-state index contributed by atoms with van der Waals surface area (Å²) in [5.41, 5.74) is 0. The van der Waals surface area contributed by atoms with Crippen molar-refractivity contribution in [3.8, 4) is 0 Å². The molecule has 0 aromatic carbocycles. The molecule has 66 valence electrons. The molecule has 0 radical (unpaired) electrons. The van der Waals surface area contributed by atoms with Crippen molar-refractivity contribution in [3.63, 3.8) is 0 Å². The van der Waals surface area contributed by atoms with Crippen LogP contribution in [-0.4, -0.2) is 26.2 Å². The maximum Gasteiger partial charge on any atom is 0.316 e. The highest BCUT2D eigenvalue weighted by molar-refractivity contribution is 15.0. The van der Waals surface area contributed by atoms with E-state index in [4.69, 9.17) is 0 Å². The normalized spacial score (nSPS) is 7.27. The molecule has 0 unspecified atom stereocenters. The van der Waals surface area contributed by atoms with Crippen LogP contribution < -0.4 is 0 Å². The van der Waals surface area contributed by atoms with Crippen LogP contribution in [-0.2, 0) is 19.1 Å². The number of methoxy groups -OCH3 is 2. The molecule has 0 aliphatic carbocycles.